The second-order valence-electron chi connectivity index (χ2n) is 7.73. The first kappa shape index (κ1) is 22.3. The lowest BCUT2D eigenvalue weighted by atomic mass is 10.1. The van der Waals surface area contributed by atoms with Gasteiger partial charge in [-0.2, -0.15) is 0 Å². The fraction of sp³-hybridized carbons (Fsp3) is 0.375. The maximum atomic E-state index is 12.2. The van der Waals surface area contributed by atoms with E-state index in [9.17, 15) is 9.59 Å². The first-order valence-electron chi connectivity index (χ1n) is 10.5. The number of unbranched alkanes of at least 4 members (excludes halogenated alkanes) is 3. The van der Waals surface area contributed by atoms with Crippen molar-refractivity contribution in [3.63, 3.8) is 0 Å². The van der Waals surface area contributed by atoms with Gasteiger partial charge in [-0.15, -0.1) is 0 Å². The number of carbonyl (C=O) groups is 2. The highest BCUT2D eigenvalue weighted by atomic mass is 16.6. The molecule has 1 aromatic heterocycles. The van der Waals surface area contributed by atoms with Crippen LogP contribution in [0.4, 0.5) is 0 Å². The monoisotopic (exact) mass is 423 g/mol. The van der Waals surface area contributed by atoms with Gasteiger partial charge < -0.3 is 19.0 Å². The van der Waals surface area contributed by atoms with Crippen LogP contribution in [0.1, 0.15) is 47.4 Å². The van der Waals surface area contributed by atoms with Crippen molar-refractivity contribution in [3.8, 4) is 0 Å². The smallest absolute Gasteiger partial charge is 0.365 e. The van der Waals surface area contributed by atoms with Gasteiger partial charge in [0.05, 0.1) is 6.26 Å². The number of cyclic esters (lactones) is 1. The summed E-state index contributed by atoms with van der Waals surface area (Å²) in [4.78, 5) is 32.3. The molecular weight excluding hydrogens is 394 g/mol. The van der Waals surface area contributed by atoms with Crippen molar-refractivity contribution in [2.45, 2.75) is 32.6 Å². The van der Waals surface area contributed by atoms with E-state index in [1.165, 1.54) is 6.26 Å². The van der Waals surface area contributed by atoms with Crippen LogP contribution in [0.15, 0.2) is 64.0 Å². The largest absolute Gasteiger partial charge is 0.459 e. The minimum Gasteiger partial charge on any atom is -0.459 e. The van der Waals surface area contributed by atoms with Gasteiger partial charge in [0, 0.05) is 38.9 Å². The molecule has 7 nitrogen and oxygen atoms in total. The molecule has 1 aliphatic heterocycles. The number of hydrogen-bond acceptors (Lipinski definition) is 6. The van der Waals surface area contributed by atoms with Crippen LogP contribution in [0.5, 0.6) is 0 Å². The summed E-state index contributed by atoms with van der Waals surface area (Å²) in [6.45, 7) is 3.47. The topological polar surface area (TPSA) is 75.4 Å². The van der Waals surface area contributed by atoms with Gasteiger partial charge >= 0.3 is 5.97 Å². The first-order valence-corrected chi connectivity index (χ1v) is 10.5. The fourth-order valence-corrected chi connectivity index (χ4v) is 3.35. The third kappa shape index (κ3) is 6.07. The molecule has 0 spiro atoms. The van der Waals surface area contributed by atoms with Gasteiger partial charge in [-0.05, 0) is 43.5 Å². The summed E-state index contributed by atoms with van der Waals surface area (Å²) in [5, 5.41) is 0. The van der Waals surface area contributed by atoms with Gasteiger partial charge in [0.1, 0.15) is 0 Å². The number of furan rings is 1. The number of esters is 1. The highest BCUT2D eigenvalue weighted by molar-refractivity contribution is 6.11. The van der Waals surface area contributed by atoms with E-state index in [1.54, 1.807) is 30.3 Å². The fourth-order valence-electron chi connectivity index (χ4n) is 3.35. The van der Waals surface area contributed by atoms with Crippen molar-refractivity contribution >= 4 is 17.8 Å². The Kier molecular flexibility index (Phi) is 7.65. The number of rotatable bonds is 10. The molecule has 31 heavy (non-hydrogen) atoms. The van der Waals surface area contributed by atoms with Crippen molar-refractivity contribution in [3.05, 3.63) is 71.4 Å². The Hall–Kier alpha value is -3.35. The first-order chi connectivity index (χ1) is 15.0. The Bertz CT molecular complexity index is 963. The van der Waals surface area contributed by atoms with Gasteiger partial charge in [-0.1, -0.05) is 31.0 Å². The third-order valence-electron chi connectivity index (χ3n) is 5.17. The average Bonchev–Trinajstić information content (AvgIpc) is 3.41. The van der Waals surface area contributed by atoms with Gasteiger partial charge in [-0.3, -0.25) is 4.79 Å². The molecule has 1 amide bonds. The molecular formula is C24H29N3O4. The molecule has 7 heteroatoms. The molecule has 164 valence electrons. The number of amides is 1. The molecule has 3 rings (SSSR count). The lowest BCUT2D eigenvalue weighted by Crippen LogP contribution is -2.27. The van der Waals surface area contributed by atoms with Crippen LogP contribution in [-0.2, 0) is 9.53 Å². The summed E-state index contributed by atoms with van der Waals surface area (Å²) in [7, 11) is 3.72. The Morgan fingerprint density at radius 1 is 1.03 bits per heavy atom. The van der Waals surface area contributed by atoms with Gasteiger partial charge in [0.15, 0.2) is 11.5 Å². The predicted octanol–water partition coefficient (Wildman–Crippen LogP) is 4.00. The number of ether oxygens (including phenoxy) is 1. The number of carbonyl (C=O) groups excluding carboxylic acids is 2. The van der Waals surface area contributed by atoms with E-state index in [4.69, 9.17) is 9.15 Å². The maximum absolute atomic E-state index is 12.2. The summed E-state index contributed by atoms with van der Waals surface area (Å²) >= 11 is 0. The van der Waals surface area contributed by atoms with Gasteiger partial charge in [0.2, 0.25) is 5.90 Å². The molecule has 0 radical (unpaired) electrons. The van der Waals surface area contributed by atoms with Crippen LogP contribution in [-0.4, -0.2) is 54.8 Å². The molecule has 0 aliphatic carbocycles. The Balaban J connectivity index is 1.38. The normalized spacial score (nSPS) is 14.5. The third-order valence-corrected chi connectivity index (χ3v) is 5.17. The zero-order valence-corrected chi connectivity index (χ0v) is 18.3. The minimum absolute atomic E-state index is 0.0922. The highest BCUT2D eigenvalue weighted by Gasteiger charge is 2.25. The number of nitrogens with zero attached hydrogens (tertiary/aromatic N) is 3. The minimum atomic E-state index is -0.422. The van der Waals surface area contributed by atoms with Crippen molar-refractivity contribution < 1.29 is 18.7 Å². The van der Waals surface area contributed by atoms with Gasteiger partial charge in [0.25, 0.3) is 5.91 Å². The second-order valence-corrected chi connectivity index (χ2v) is 7.73. The Morgan fingerprint density at radius 2 is 1.77 bits per heavy atom. The van der Waals surface area contributed by atoms with Crippen molar-refractivity contribution in [2.24, 2.45) is 4.99 Å². The summed E-state index contributed by atoms with van der Waals surface area (Å²) in [6, 6.07) is 11.1. The molecule has 0 atom stereocenters. The Morgan fingerprint density at radius 3 is 2.48 bits per heavy atom. The quantitative estimate of drug-likeness (QED) is 0.328. The second kappa shape index (κ2) is 10.6. The predicted molar refractivity (Wildman–Crippen MR) is 119 cm³/mol. The molecule has 0 N–H and O–H groups in total. The van der Waals surface area contributed by atoms with E-state index in [-0.39, 0.29) is 5.91 Å². The molecule has 1 aliphatic rings. The molecule has 0 saturated heterocycles. The van der Waals surface area contributed by atoms with E-state index < -0.39 is 5.97 Å². The standard InChI is InChI=1S/C24H29N3O4/c1-18-11-6-7-12-19(18)22-25-20(24(29)31-22)17-26(2)14-8-4-5-9-15-27(3)23(28)21-13-10-16-30-21/h6-7,10-13,16-17H,4-5,8-9,14-15H2,1-3H3/b20-17+. The lowest BCUT2D eigenvalue weighted by Gasteiger charge is -2.16. The Labute approximate surface area is 183 Å². The molecule has 0 saturated carbocycles. The van der Waals surface area contributed by atoms with Crippen molar-refractivity contribution in [2.75, 3.05) is 27.2 Å². The van der Waals surface area contributed by atoms with Crippen LogP contribution in [0.2, 0.25) is 0 Å². The molecule has 0 fully saturated rings. The van der Waals surface area contributed by atoms with Crippen molar-refractivity contribution in [1.82, 2.24) is 9.80 Å². The number of aliphatic imine (C=N–C) groups is 1. The average molecular weight is 424 g/mol. The summed E-state index contributed by atoms with van der Waals surface area (Å²) in [5.41, 5.74) is 2.16. The van der Waals surface area contributed by atoms with Crippen LogP contribution in [0.3, 0.4) is 0 Å². The van der Waals surface area contributed by atoms with Crippen LogP contribution in [0, 0.1) is 6.92 Å². The summed E-state index contributed by atoms with van der Waals surface area (Å²) < 4.78 is 10.5. The molecule has 0 unspecified atom stereocenters. The molecule has 2 heterocycles. The number of benzene rings is 1. The van der Waals surface area contributed by atoms with Crippen molar-refractivity contribution in [1.29, 1.82) is 0 Å². The van der Waals surface area contributed by atoms with E-state index >= 15 is 0 Å². The molecule has 0 bridgehead atoms. The summed E-state index contributed by atoms with van der Waals surface area (Å²) in [5.74, 6) is 0.214. The summed E-state index contributed by atoms with van der Waals surface area (Å²) in [6.07, 6.45) is 7.23. The van der Waals surface area contributed by atoms with E-state index in [0.717, 1.165) is 43.4 Å². The zero-order chi connectivity index (χ0) is 22.2. The van der Waals surface area contributed by atoms with Crippen LogP contribution in [0.25, 0.3) is 0 Å². The highest BCUT2D eigenvalue weighted by Crippen LogP contribution is 2.19. The SMILES string of the molecule is Cc1ccccc1C1=N/C(=C/N(C)CCCCCCN(C)C(=O)c2ccco2)C(=O)O1. The lowest BCUT2D eigenvalue weighted by molar-refractivity contribution is -0.130. The molecule has 1 aromatic carbocycles. The van der Waals surface area contributed by atoms with Gasteiger partial charge in [-0.25, -0.2) is 9.79 Å². The number of hydrogen-bond donors (Lipinski definition) is 0. The van der Waals surface area contributed by atoms with E-state index in [0.29, 0.717) is 23.9 Å². The maximum Gasteiger partial charge on any atom is 0.365 e. The number of aryl methyl sites for hydroxylation is 1. The van der Waals surface area contributed by atoms with Crippen LogP contribution >= 0.6 is 0 Å². The molecule has 2 aromatic rings. The van der Waals surface area contributed by atoms with E-state index in [1.807, 2.05) is 43.1 Å². The van der Waals surface area contributed by atoms with Crippen LogP contribution < -0.4 is 0 Å². The van der Waals surface area contributed by atoms with E-state index in [2.05, 4.69) is 4.99 Å². The zero-order valence-electron chi connectivity index (χ0n) is 18.3.